The molecule has 0 aliphatic rings. The molecule has 5 nitrogen and oxygen atoms in total. The Labute approximate surface area is 107 Å². The van der Waals surface area contributed by atoms with Gasteiger partial charge in [-0.05, 0) is 19.1 Å². The fourth-order valence-electron chi connectivity index (χ4n) is 1.65. The van der Waals surface area contributed by atoms with Crippen LogP contribution in [-0.4, -0.2) is 15.0 Å². The van der Waals surface area contributed by atoms with Gasteiger partial charge in [0.1, 0.15) is 0 Å². The number of nitrogens with one attached hydrogen (secondary N) is 2. The zero-order valence-corrected chi connectivity index (χ0v) is 10.4. The zero-order chi connectivity index (χ0) is 12.5. The normalized spacial score (nSPS) is 10.7. The molecule has 0 saturated heterocycles. The lowest BCUT2D eigenvalue weighted by Crippen LogP contribution is -2.08. The molecule has 2 aromatic heterocycles. The van der Waals surface area contributed by atoms with Crippen molar-refractivity contribution in [3.8, 4) is 0 Å². The van der Waals surface area contributed by atoms with E-state index in [1.54, 1.807) is 5.38 Å². The summed E-state index contributed by atoms with van der Waals surface area (Å²) in [6.45, 7) is 1.85. The van der Waals surface area contributed by atoms with Gasteiger partial charge in [-0.3, -0.25) is 4.79 Å². The molecule has 0 aliphatic carbocycles. The molecule has 0 bridgehead atoms. The predicted molar refractivity (Wildman–Crippen MR) is 72.5 cm³/mol. The number of nitrogens with zero attached hydrogens (tertiary/aromatic N) is 2. The van der Waals surface area contributed by atoms with E-state index in [2.05, 4.69) is 20.3 Å². The molecule has 0 atom stereocenters. The van der Waals surface area contributed by atoms with Gasteiger partial charge in [0.15, 0.2) is 5.82 Å². The van der Waals surface area contributed by atoms with Crippen molar-refractivity contribution in [1.82, 2.24) is 15.0 Å². The standard InChI is InChI=1S/C12H10N4OS/c1-7-6-18-11(17)10(13-7)16-12-14-8-4-2-3-5-9(8)15-12/h2-6H,1H3,(H2,13,14,15,16). The molecule has 0 spiro atoms. The molecule has 0 saturated carbocycles. The van der Waals surface area contributed by atoms with Crippen LogP contribution in [0.2, 0.25) is 0 Å². The molecule has 6 heteroatoms. The Morgan fingerprint density at radius 1 is 1.28 bits per heavy atom. The molecule has 3 aromatic rings. The number of benzene rings is 1. The van der Waals surface area contributed by atoms with Gasteiger partial charge in [0, 0.05) is 11.1 Å². The van der Waals surface area contributed by atoms with Crippen molar-refractivity contribution in [3.05, 3.63) is 44.9 Å². The van der Waals surface area contributed by atoms with Crippen LogP contribution in [0.4, 0.5) is 11.8 Å². The summed E-state index contributed by atoms with van der Waals surface area (Å²) >= 11 is 1.12. The molecule has 3 rings (SSSR count). The molecule has 0 aliphatic heterocycles. The highest BCUT2D eigenvalue weighted by atomic mass is 32.1. The first-order valence-corrected chi connectivity index (χ1v) is 6.28. The quantitative estimate of drug-likeness (QED) is 0.740. The van der Waals surface area contributed by atoms with Gasteiger partial charge >= 0.3 is 0 Å². The van der Waals surface area contributed by atoms with E-state index in [0.717, 1.165) is 28.1 Å². The Morgan fingerprint density at radius 3 is 2.94 bits per heavy atom. The largest absolute Gasteiger partial charge is 0.324 e. The average Bonchev–Trinajstić information content (AvgIpc) is 2.76. The molecular weight excluding hydrogens is 248 g/mol. The molecule has 0 radical (unpaired) electrons. The number of aryl methyl sites for hydroxylation is 1. The lowest BCUT2D eigenvalue weighted by Gasteiger charge is -2.00. The van der Waals surface area contributed by atoms with Crippen LogP contribution in [-0.2, 0) is 0 Å². The number of hydrogen-bond acceptors (Lipinski definition) is 5. The highest BCUT2D eigenvalue weighted by molar-refractivity contribution is 7.07. The number of imidazole rings is 1. The summed E-state index contributed by atoms with van der Waals surface area (Å²) < 4.78 is -0.110. The Kier molecular flexibility index (Phi) is 2.56. The first-order valence-electron chi connectivity index (χ1n) is 5.40. The van der Waals surface area contributed by atoms with Crippen molar-refractivity contribution in [2.24, 2.45) is 0 Å². The van der Waals surface area contributed by atoms with E-state index in [1.807, 2.05) is 31.2 Å². The molecule has 2 heterocycles. The Morgan fingerprint density at radius 2 is 2.11 bits per heavy atom. The minimum absolute atomic E-state index is 0.110. The van der Waals surface area contributed by atoms with E-state index < -0.39 is 0 Å². The first-order chi connectivity index (χ1) is 8.72. The highest BCUT2D eigenvalue weighted by Gasteiger charge is 2.06. The minimum atomic E-state index is -0.110. The predicted octanol–water partition coefficient (Wildman–Crippen LogP) is 2.43. The average molecular weight is 258 g/mol. The fraction of sp³-hybridized carbons (Fsp3) is 0.0833. The number of aromatic nitrogens is 3. The van der Waals surface area contributed by atoms with Crippen LogP contribution in [0.5, 0.6) is 0 Å². The third kappa shape index (κ3) is 1.98. The lowest BCUT2D eigenvalue weighted by atomic mass is 10.3. The molecule has 0 amide bonds. The van der Waals surface area contributed by atoms with Crippen molar-refractivity contribution < 1.29 is 0 Å². The van der Waals surface area contributed by atoms with E-state index in [1.165, 1.54) is 0 Å². The molecule has 90 valence electrons. The van der Waals surface area contributed by atoms with Gasteiger partial charge in [-0.2, -0.15) is 0 Å². The molecule has 0 unspecified atom stereocenters. The van der Waals surface area contributed by atoms with Crippen LogP contribution < -0.4 is 10.1 Å². The van der Waals surface area contributed by atoms with Gasteiger partial charge in [0.05, 0.1) is 11.0 Å². The van der Waals surface area contributed by atoms with E-state index in [-0.39, 0.29) is 4.74 Å². The van der Waals surface area contributed by atoms with Crippen molar-refractivity contribution in [1.29, 1.82) is 0 Å². The maximum atomic E-state index is 11.6. The van der Waals surface area contributed by atoms with Gasteiger partial charge < -0.3 is 10.3 Å². The number of H-pyrrole nitrogens is 1. The molecule has 2 N–H and O–H groups in total. The molecule has 18 heavy (non-hydrogen) atoms. The number of rotatable bonds is 2. The van der Waals surface area contributed by atoms with E-state index in [9.17, 15) is 4.79 Å². The van der Waals surface area contributed by atoms with E-state index in [0.29, 0.717) is 11.8 Å². The maximum Gasteiger partial charge on any atom is 0.275 e. The van der Waals surface area contributed by atoms with Crippen LogP contribution >= 0.6 is 11.3 Å². The summed E-state index contributed by atoms with van der Waals surface area (Å²) in [6.07, 6.45) is 0. The summed E-state index contributed by atoms with van der Waals surface area (Å²) in [5, 5.41) is 4.65. The van der Waals surface area contributed by atoms with E-state index >= 15 is 0 Å². The second-order valence-corrected chi connectivity index (χ2v) is 4.69. The smallest absolute Gasteiger partial charge is 0.275 e. The Bertz CT molecular complexity index is 729. The number of fused-ring (bicyclic) bond motifs is 1. The summed E-state index contributed by atoms with van der Waals surface area (Å²) in [4.78, 5) is 23.2. The van der Waals surface area contributed by atoms with Crippen LogP contribution in [0.3, 0.4) is 0 Å². The minimum Gasteiger partial charge on any atom is -0.324 e. The molecular formula is C12H10N4OS. The van der Waals surface area contributed by atoms with Crippen molar-refractivity contribution >= 4 is 34.1 Å². The van der Waals surface area contributed by atoms with Gasteiger partial charge in [0.2, 0.25) is 5.95 Å². The molecule has 1 aromatic carbocycles. The number of para-hydroxylation sites is 2. The van der Waals surface area contributed by atoms with Gasteiger partial charge in [0.25, 0.3) is 4.74 Å². The molecule has 0 fully saturated rings. The Balaban J connectivity index is 2.01. The topological polar surface area (TPSA) is 70.7 Å². The second-order valence-electron chi connectivity index (χ2n) is 3.85. The zero-order valence-electron chi connectivity index (χ0n) is 9.60. The van der Waals surface area contributed by atoms with E-state index in [4.69, 9.17) is 0 Å². The van der Waals surface area contributed by atoms with Gasteiger partial charge in [-0.1, -0.05) is 23.5 Å². The van der Waals surface area contributed by atoms with Gasteiger partial charge in [-0.25, -0.2) is 9.97 Å². The summed E-state index contributed by atoms with van der Waals surface area (Å²) in [6, 6.07) is 7.68. The van der Waals surface area contributed by atoms with Crippen LogP contribution in [0.1, 0.15) is 5.69 Å². The summed E-state index contributed by atoms with van der Waals surface area (Å²) in [5.41, 5.74) is 2.57. The number of hydrogen-bond donors (Lipinski definition) is 2. The maximum absolute atomic E-state index is 11.6. The Hall–Kier alpha value is -2.21. The summed E-state index contributed by atoms with van der Waals surface area (Å²) in [5.74, 6) is 0.831. The van der Waals surface area contributed by atoms with Gasteiger partial charge in [-0.15, -0.1) is 0 Å². The van der Waals surface area contributed by atoms with Crippen LogP contribution in [0.15, 0.2) is 34.4 Å². The van der Waals surface area contributed by atoms with Crippen molar-refractivity contribution in [2.45, 2.75) is 6.92 Å². The van der Waals surface area contributed by atoms with Crippen molar-refractivity contribution in [3.63, 3.8) is 0 Å². The number of aromatic amines is 1. The monoisotopic (exact) mass is 258 g/mol. The third-order valence-corrected chi connectivity index (χ3v) is 3.31. The number of anilines is 2. The van der Waals surface area contributed by atoms with Crippen molar-refractivity contribution in [2.75, 3.05) is 5.32 Å². The third-order valence-electron chi connectivity index (χ3n) is 2.44. The first kappa shape index (κ1) is 10.9. The SMILES string of the molecule is Cc1csc(=O)c(Nc2nc3ccccc3[nH]2)n1. The second kappa shape index (κ2) is 4.23. The lowest BCUT2D eigenvalue weighted by molar-refractivity contribution is 1.19. The fourth-order valence-corrected chi connectivity index (χ4v) is 2.18. The van der Waals surface area contributed by atoms with Crippen LogP contribution in [0, 0.1) is 6.92 Å². The highest BCUT2D eigenvalue weighted by Crippen LogP contribution is 2.15. The summed E-state index contributed by atoms with van der Waals surface area (Å²) in [7, 11) is 0. The van der Waals surface area contributed by atoms with Crippen LogP contribution in [0.25, 0.3) is 11.0 Å².